The Morgan fingerprint density at radius 3 is 2.40 bits per heavy atom. The van der Waals surface area contributed by atoms with Crippen molar-refractivity contribution in [3.05, 3.63) is 65.7 Å². The van der Waals surface area contributed by atoms with Crippen LogP contribution in [-0.4, -0.2) is 11.7 Å². The summed E-state index contributed by atoms with van der Waals surface area (Å²) in [5.74, 6) is 0.384. The van der Waals surface area contributed by atoms with E-state index in [0.29, 0.717) is 5.75 Å². The van der Waals surface area contributed by atoms with Gasteiger partial charge in [0.15, 0.2) is 0 Å². The molecule has 0 spiro atoms. The van der Waals surface area contributed by atoms with Gasteiger partial charge < -0.3 is 10.4 Å². The first-order valence-electron chi connectivity index (χ1n) is 7.36. The molecule has 0 aliphatic carbocycles. The number of aryl methyl sites for hydroxylation is 1. The molecule has 2 heteroatoms. The maximum Gasteiger partial charge on any atom is 0.120 e. The minimum atomic E-state index is 0.229. The highest BCUT2D eigenvalue weighted by Crippen LogP contribution is 2.25. The molecule has 0 aliphatic rings. The number of para-hydroxylation sites is 1. The predicted molar refractivity (Wildman–Crippen MR) is 83.9 cm³/mol. The summed E-state index contributed by atoms with van der Waals surface area (Å²) >= 11 is 0. The Hall–Kier alpha value is -1.80. The molecule has 2 rings (SSSR count). The number of aromatic hydroxyl groups is 1. The van der Waals surface area contributed by atoms with E-state index in [4.69, 9.17) is 0 Å². The zero-order valence-electron chi connectivity index (χ0n) is 12.0. The lowest BCUT2D eigenvalue weighted by Gasteiger charge is -2.18. The molecule has 20 heavy (non-hydrogen) atoms. The van der Waals surface area contributed by atoms with Crippen LogP contribution in [0, 0.1) is 0 Å². The maximum atomic E-state index is 9.91. The zero-order chi connectivity index (χ0) is 14.2. The van der Waals surface area contributed by atoms with Crippen LogP contribution in [0.2, 0.25) is 0 Å². The molecule has 0 amide bonds. The summed E-state index contributed by atoms with van der Waals surface area (Å²) in [7, 11) is 0. The van der Waals surface area contributed by atoms with Crippen LogP contribution in [-0.2, 0) is 6.42 Å². The van der Waals surface area contributed by atoms with Crippen LogP contribution in [0.4, 0.5) is 0 Å². The number of rotatable bonds is 7. The van der Waals surface area contributed by atoms with Gasteiger partial charge in [0, 0.05) is 11.6 Å². The van der Waals surface area contributed by atoms with E-state index in [2.05, 4.69) is 36.5 Å². The quantitative estimate of drug-likeness (QED) is 0.743. The van der Waals surface area contributed by atoms with Crippen molar-refractivity contribution in [1.82, 2.24) is 5.32 Å². The Balaban J connectivity index is 1.81. The highest BCUT2D eigenvalue weighted by Gasteiger charge is 2.11. The van der Waals surface area contributed by atoms with E-state index in [1.54, 1.807) is 6.07 Å². The first-order valence-corrected chi connectivity index (χ1v) is 7.36. The molecule has 2 N–H and O–H groups in total. The van der Waals surface area contributed by atoms with Gasteiger partial charge in [0.1, 0.15) is 5.75 Å². The van der Waals surface area contributed by atoms with E-state index in [1.807, 2.05) is 24.3 Å². The highest BCUT2D eigenvalue weighted by molar-refractivity contribution is 5.34. The SMILES string of the molecule is CCC(NCCCc1ccccc1)c1ccccc1O. The average molecular weight is 269 g/mol. The fourth-order valence-corrected chi connectivity index (χ4v) is 2.47. The van der Waals surface area contributed by atoms with Crippen molar-refractivity contribution in [1.29, 1.82) is 0 Å². The molecular formula is C18H23NO. The third-order valence-electron chi connectivity index (χ3n) is 3.60. The van der Waals surface area contributed by atoms with Crippen molar-refractivity contribution >= 4 is 0 Å². The fraction of sp³-hybridized carbons (Fsp3) is 0.333. The minimum absolute atomic E-state index is 0.229. The molecule has 2 aromatic carbocycles. The van der Waals surface area contributed by atoms with E-state index in [1.165, 1.54) is 5.56 Å². The summed E-state index contributed by atoms with van der Waals surface area (Å²) in [4.78, 5) is 0. The van der Waals surface area contributed by atoms with Crippen LogP contribution in [0.3, 0.4) is 0 Å². The molecule has 0 saturated carbocycles. The maximum absolute atomic E-state index is 9.91. The summed E-state index contributed by atoms with van der Waals surface area (Å²) in [6.07, 6.45) is 3.17. The van der Waals surface area contributed by atoms with Crippen LogP contribution in [0.1, 0.15) is 36.9 Å². The molecule has 0 fully saturated rings. The Bertz CT molecular complexity index is 510. The van der Waals surface area contributed by atoms with Gasteiger partial charge >= 0.3 is 0 Å². The van der Waals surface area contributed by atoms with Crippen molar-refractivity contribution in [2.24, 2.45) is 0 Å². The lowest BCUT2D eigenvalue weighted by molar-refractivity contribution is 0.440. The number of benzene rings is 2. The smallest absolute Gasteiger partial charge is 0.120 e. The monoisotopic (exact) mass is 269 g/mol. The van der Waals surface area contributed by atoms with Crippen LogP contribution >= 0.6 is 0 Å². The van der Waals surface area contributed by atoms with Crippen LogP contribution in [0.15, 0.2) is 54.6 Å². The standard InChI is InChI=1S/C18H23NO/c1-2-17(16-12-6-7-13-18(16)20)19-14-8-11-15-9-4-3-5-10-15/h3-7,9-10,12-13,17,19-20H,2,8,11,14H2,1H3. The number of phenols is 1. The number of phenolic OH excluding ortho intramolecular Hbond substituents is 1. The van der Waals surface area contributed by atoms with Gasteiger partial charge in [0.25, 0.3) is 0 Å². The molecular weight excluding hydrogens is 246 g/mol. The van der Waals surface area contributed by atoms with Gasteiger partial charge in [-0.25, -0.2) is 0 Å². The van der Waals surface area contributed by atoms with Gasteiger partial charge in [0.2, 0.25) is 0 Å². The number of nitrogens with one attached hydrogen (secondary N) is 1. The first kappa shape index (κ1) is 14.6. The zero-order valence-corrected chi connectivity index (χ0v) is 12.0. The highest BCUT2D eigenvalue weighted by atomic mass is 16.3. The lowest BCUT2D eigenvalue weighted by atomic mass is 10.0. The van der Waals surface area contributed by atoms with Gasteiger partial charge in [-0.15, -0.1) is 0 Å². The van der Waals surface area contributed by atoms with E-state index in [9.17, 15) is 5.11 Å². The molecule has 0 aliphatic heterocycles. The number of hydrogen-bond donors (Lipinski definition) is 2. The second kappa shape index (κ2) is 7.71. The van der Waals surface area contributed by atoms with E-state index < -0.39 is 0 Å². The molecule has 1 atom stereocenters. The molecule has 0 saturated heterocycles. The Morgan fingerprint density at radius 2 is 1.70 bits per heavy atom. The van der Waals surface area contributed by atoms with Crippen molar-refractivity contribution in [3.63, 3.8) is 0 Å². The summed E-state index contributed by atoms with van der Waals surface area (Å²) in [5, 5.41) is 13.4. The molecule has 0 aromatic heterocycles. The second-order valence-electron chi connectivity index (χ2n) is 5.06. The van der Waals surface area contributed by atoms with Gasteiger partial charge in [-0.1, -0.05) is 55.5 Å². The topological polar surface area (TPSA) is 32.3 Å². The van der Waals surface area contributed by atoms with Crippen molar-refractivity contribution in [2.45, 2.75) is 32.2 Å². The molecule has 0 bridgehead atoms. The number of hydrogen-bond acceptors (Lipinski definition) is 2. The van der Waals surface area contributed by atoms with E-state index in [-0.39, 0.29) is 6.04 Å². The van der Waals surface area contributed by atoms with Gasteiger partial charge in [-0.2, -0.15) is 0 Å². The van der Waals surface area contributed by atoms with Gasteiger partial charge in [0.05, 0.1) is 0 Å². The van der Waals surface area contributed by atoms with Crippen LogP contribution < -0.4 is 5.32 Å². The van der Waals surface area contributed by atoms with E-state index in [0.717, 1.165) is 31.4 Å². The minimum Gasteiger partial charge on any atom is -0.508 e. The average Bonchev–Trinajstić information content (AvgIpc) is 2.50. The van der Waals surface area contributed by atoms with Gasteiger partial charge in [-0.3, -0.25) is 0 Å². The van der Waals surface area contributed by atoms with Crippen molar-refractivity contribution in [2.75, 3.05) is 6.54 Å². The third kappa shape index (κ3) is 4.10. The first-order chi connectivity index (χ1) is 9.81. The summed E-state index contributed by atoms with van der Waals surface area (Å²) in [6, 6.07) is 18.4. The Kier molecular flexibility index (Phi) is 5.63. The lowest BCUT2D eigenvalue weighted by Crippen LogP contribution is -2.22. The molecule has 0 radical (unpaired) electrons. The normalized spacial score (nSPS) is 12.2. The summed E-state index contributed by atoms with van der Waals surface area (Å²) in [6.45, 7) is 3.10. The molecule has 1 unspecified atom stereocenters. The summed E-state index contributed by atoms with van der Waals surface area (Å²) < 4.78 is 0. The summed E-state index contributed by atoms with van der Waals surface area (Å²) in [5.41, 5.74) is 2.37. The third-order valence-corrected chi connectivity index (χ3v) is 3.60. The van der Waals surface area contributed by atoms with Crippen LogP contribution in [0.5, 0.6) is 5.75 Å². The predicted octanol–water partition coefficient (Wildman–Crippen LogP) is 4.07. The van der Waals surface area contributed by atoms with E-state index >= 15 is 0 Å². The van der Waals surface area contributed by atoms with Crippen molar-refractivity contribution < 1.29 is 5.11 Å². The molecule has 2 aromatic rings. The Labute approximate surface area is 121 Å². The molecule has 106 valence electrons. The molecule has 0 heterocycles. The second-order valence-corrected chi connectivity index (χ2v) is 5.06. The largest absolute Gasteiger partial charge is 0.508 e. The Morgan fingerprint density at radius 1 is 1.00 bits per heavy atom. The molecule has 2 nitrogen and oxygen atoms in total. The van der Waals surface area contributed by atoms with Crippen molar-refractivity contribution in [3.8, 4) is 5.75 Å². The fourth-order valence-electron chi connectivity index (χ4n) is 2.47. The van der Waals surface area contributed by atoms with Crippen LogP contribution in [0.25, 0.3) is 0 Å². The van der Waals surface area contributed by atoms with Gasteiger partial charge in [-0.05, 0) is 37.4 Å².